The van der Waals surface area contributed by atoms with Crippen molar-refractivity contribution in [3.05, 3.63) is 40.4 Å². The van der Waals surface area contributed by atoms with Crippen LogP contribution in [0.25, 0.3) is 0 Å². The maximum absolute atomic E-state index is 13.4. The van der Waals surface area contributed by atoms with Gasteiger partial charge < -0.3 is 36.8 Å². The van der Waals surface area contributed by atoms with Crippen molar-refractivity contribution in [3.8, 4) is 5.75 Å². The van der Waals surface area contributed by atoms with Crippen molar-refractivity contribution in [2.24, 2.45) is 10.9 Å². The number of aromatic nitrogens is 1. The summed E-state index contributed by atoms with van der Waals surface area (Å²) in [6, 6.07) is 4.07. The van der Waals surface area contributed by atoms with Gasteiger partial charge in [0.1, 0.15) is 23.3 Å². The van der Waals surface area contributed by atoms with E-state index in [1.807, 2.05) is 6.07 Å². The Labute approximate surface area is 279 Å². The molecule has 3 unspecified atom stereocenters. The number of benzene rings is 1. The number of hydroxylamine groups is 2. The van der Waals surface area contributed by atoms with Gasteiger partial charge in [-0.1, -0.05) is 5.16 Å². The number of β-lactam (4-membered cyclic amide) rings is 1. The Morgan fingerprint density at radius 2 is 2.00 bits per heavy atom. The summed E-state index contributed by atoms with van der Waals surface area (Å²) in [7, 11) is -5.03. The number of aliphatic carboxylic acids is 1. The van der Waals surface area contributed by atoms with E-state index in [-0.39, 0.29) is 35.2 Å². The molecular weight excluding hydrogens is 672 g/mol. The summed E-state index contributed by atoms with van der Waals surface area (Å²) < 4.78 is 41.7. The number of rotatable bonds is 11. The highest BCUT2D eigenvalue weighted by molar-refractivity contribution is 7.80. The quantitative estimate of drug-likeness (QED) is 0.0544. The molecule has 0 spiro atoms. The second kappa shape index (κ2) is 12.9. The molecule has 0 radical (unpaired) electrons. The second-order valence-corrected chi connectivity index (χ2v) is 14.4. The van der Waals surface area contributed by atoms with Gasteiger partial charge in [-0.3, -0.25) is 19.6 Å². The third kappa shape index (κ3) is 7.06. The lowest BCUT2D eigenvalue weighted by molar-refractivity contribution is -0.218. The summed E-state index contributed by atoms with van der Waals surface area (Å²) in [6.07, 6.45) is 2.08. The fourth-order valence-electron chi connectivity index (χ4n) is 5.76. The van der Waals surface area contributed by atoms with Gasteiger partial charge in [0.05, 0.1) is 5.54 Å². The molecule has 2 aliphatic heterocycles. The zero-order chi connectivity index (χ0) is 35.2. The van der Waals surface area contributed by atoms with Crippen LogP contribution in [0.2, 0.25) is 0 Å². The first-order chi connectivity index (χ1) is 22.4. The lowest BCUT2D eigenvalue weighted by atomic mass is 9.84. The first kappa shape index (κ1) is 35.0. The number of carbonyl (C=O) groups excluding carboxylic acids is 2. The van der Waals surface area contributed by atoms with E-state index in [0.717, 1.165) is 36.2 Å². The Balaban J connectivity index is 1.33. The number of carboxylic acid groups (broad SMARTS) is 1. The van der Waals surface area contributed by atoms with Gasteiger partial charge in [0.25, 0.3) is 17.4 Å². The molecule has 9 N–H and O–H groups in total. The lowest BCUT2D eigenvalue weighted by Gasteiger charge is -2.50. The Morgan fingerprint density at radius 3 is 2.58 bits per heavy atom. The number of nitrogen functional groups attached to an aromatic ring is 1. The van der Waals surface area contributed by atoms with Gasteiger partial charge in [-0.15, -0.1) is 15.6 Å². The van der Waals surface area contributed by atoms with Crippen molar-refractivity contribution in [1.82, 2.24) is 20.7 Å². The average molecular weight is 709 g/mol. The maximum atomic E-state index is 13.4. The molecule has 2 amide bonds. The maximum Gasteiger partial charge on any atom is 0.418 e. The van der Waals surface area contributed by atoms with Crippen molar-refractivity contribution >= 4 is 56.2 Å². The molecule has 18 nitrogen and oxygen atoms in total. The molecule has 2 aromatic rings. The van der Waals surface area contributed by atoms with E-state index >= 15 is 0 Å². The van der Waals surface area contributed by atoms with Crippen molar-refractivity contribution in [1.29, 1.82) is 5.41 Å². The minimum absolute atomic E-state index is 0.0564. The van der Waals surface area contributed by atoms with Crippen LogP contribution >= 0.6 is 11.3 Å². The number of oxime groups is 1. The van der Waals surface area contributed by atoms with E-state index in [0.29, 0.717) is 22.8 Å². The van der Waals surface area contributed by atoms with Gasteiger partial charge in [-0.05, 0) is 76.6 Å². The summed E-state index contributed by atoms with van der Waals surface area (Å²) in [4.78, 5) is 48.3. The lowest BCUT2D eigenvalue weighted by Crippen LogP contribution is -2.76. The molecule has 1 aromatic carbocycles. The predicted octanol–water partition coefficient (Wildman–Crippen LogP) is 0.318. The third-order valence-corrected chi connectivity index (χ3v) is 9.59. The number of nitrogens with two attached hydrogens (primary N) is 2. The average Bonchev–Trinajstić information content (AvgIpc) is 3.64. The molecule has 1 saturated heterocycles. The van der Waals surface area contributed by atoms with Gasteiger partial charge in [0.15, 0.2) is 16.9 Å². The number of anilines is 1. The smallest absolute Gasteiger partial charge is 0.418 e. The Hall–Kier alpha value is -4.37. The number of nitrogens with one attached hydrogen (secondary N) is 3. The van der Waals surface area contributed by atoms with E-state index < -0.39 is 57.2 Å². The van der Waals surface area contributed by atoms with Crippen molar-refractivity contribution in [3.63, 3.8) is 0 Å². The minimum Gasteiger partial charge on any atom is -0.485 e. The zero-order valence-corrected chi connectivity index (χ0v) is 27.8. The highest BCUT2D eigenvalue weighted by Gasteiger charge is 2.58. The van der Waals surface area contributed by atoms with Crippen molar-refractivity contribution in [2.45, 2.75) is 88.2 Å². The van der Waals surface area contributed by atoms with E-state index in [1.165, 1.54) is 26.2 Å². The largest absolute Gasteiger partial charge is 0.485 e. The monoisotopic (exact) mass is 708 g/mol. The molecule has 48 heavy (non-hydrogen) atoms. The molecule has 1 saturated carbocycles. The molecule has 0 bridgehead atoms. The number of thiazole rings is 1. The van der Waals surface area contributed by atoms with Crippen molar-refractivity contribution < 1.29 is 46.3 Å². The molecule has 3 aliphatic rings. The zero-order valence-electron chi connectivity index (χ0n) is 26.1. The number of ether oxygens (including phenoxy) is 1. The summed E-state index contributed by atoms with van der Waals surface area (Å²) in [5.74, 6) is -2.80. The van der Waals surface area contributed by atoms with Gasteiger partial charge in [0, 0.05) is 23.0 Å². The van der Waals surface area contributed by atoms with Crippen LogP contribution < -0.4 is 26.8 Å². The highest BCUT2D eigenvalue weighted by Crippen LogP contribution is 2.35. The summed E-state index contributed by atoms with van der Waals surface area (Å²) in [6.45, 7) is 3.97. The number of hydrogen-bond acceptors (Lipinski definition) is 14. The van der Waals surface area contributed by atoms with Gasteiger partial charge >= 0.3 is 16.4 Å². The van der Waals surface area contributed by atoms with Crippen LogP contribution in [0.5, 0.6) is 5.75 Å². The van der Waals surface area contributed by atoms with E-state index in [4.69, 9.17) is 31.0 Å². The van der Waals surface area contributed by atoms with Crippen LogP contribution in [-0.4, -0.2) is 92.8 Å². The number of amides is 2. The highest BCUT2D eigenvalue weighted by atomic mass is 32.3. The predicted molar refractivity (Wildman–Crippen MR) is 170 cm³/mol. The molecular formula is C28H36N8O10S2. The van der Waals surface area contributed by atoms with Crippen LogP contribution in [0.3, 0.4) is 0 Å². The number of hydrogen-bond donors (Lipinski definition) is 7. The number of carboxylic acids is 1. The molecule has 5 rings (SSSR count). The third-order valence-electron chi connectivity index (χ3n) is 8.58. The molecule has 3 heterocycles. The standard InChI is InChI=1S/C28H36N8O10S2/c1-27(2)21(24(38)36(27)46-48(41,42)43)34-23(37)20(17-12-47-26(31)33-17)35-45-28(3,25(39)40)19-9-5-13-10-14(4-8-18(13)44-19)22(30)32-16-7-6-15(29)11-16/h4,8,10,12,15-16,19,21H,5-7,9,11,29H2,1-3H3,(H2,30,32)(H2,31,33)(H,34,37)(H,39,40)(H,41,42,43)/t15-,16+,19?,21?,28?/m0/s1. The van der Waals surface area contributed by atoms with Crippen LogP contribution in [-0.2, 0) is 40.3 Å². The number of fused-ring (bicyclic) bond motifs is 1. The molecule has 5 atom stereocenters. The number of nitrogens with zero attached hydrogens (tertiary/aromatic N) is 3. The van der Waals surface area contributed by atoms with Gasteiger partial charge in [-0.2, -0.15) is 13.5 Å². The SMILES string of the molecule is CC(ON=C(C(=O)NC1C(=O)N(OS(=O)(=O)O)C1(C)C)c1csc(N)n1)(C(=O)O)C1CCc2cc(C(=N)N[C@@H]3CC[C@H](N)C3)ccc2O1. The molecule has 2 fully saturated rings. The fourth-order valence-corrected chi connectivity index (χ4v) is 6.76. The van der Waals surface area contributed by atoms with Gasteiger partial charge in [0.2, 0.25) is 0 Å². The molecule has 20 heteroatoms. The van der Waals surface area contributed by atoms with E-state index in [1.54, 1.807) is 12.1 Å². The number of carbonyl (C=O) groups is 3. The van der Waals surface area contributed by atoms with E-state index in [2.05, 4.69) is 25.1 Å². The van der Waals surface area contributed by atoms with Gasteiger partial charge in [-0.25, -0.2) is 9.78 Å². The topological polar surface area (TPSA) is 282 Å². The second-order valence-electron chi connectivity index (χ2n) is 12.5. The van der Waals surface area contributed by atoms with Crippen LogP contribution in [0.15, 0.2) is 28.7 Å². The van der Waals surface area contributed by atoms with Crippen LogP contribution in [0, 0.1) is 5.41 Å². The van der Waals surface area contributed by atoms with Crippen LogP contribution in [0.4, 0.5) is 5.13 Å². The van der Waals surface area contributed by atoms with E-state index in [9.17, 15) is 27.9 Å². The van der Waals surface area contributed by atoms with Crippen LogP contribution in [0.1, 0.15) is 63.3 Å². The summed E-state index contributed by atoms with van der Waals surface area (Å²) in [5, 5.41) is 30.1. The Kier molecular flexibility index (Phi) is 9.40. The molecule has 260 valence electrons. The summed E-state index contributed by atoms with van der Waals surface area (Å²) >= 11 is 0.962. The number of aryl methyl sites for hydroxylation is 1. The molecule has 1 aromatic heterocycles. The van der Waals surface area contributed by atoms with Crippen molar-refractivity contribution in [2.75, 3.05) is 5.73 Å². The Morgan fingerprint density at radius 1 is 1.27 bits per heavy atom. The first-order valence-electron chi connectivity index (χ1n) is 14.8. The minimum atomic E-state index is -5.03. The summed E-state index contributed by atoms with van der Waals surface area (Å²) in [5.41, 5.74) is 8.99. The Bertz CT molecular complexity index is 1780. The molecule has 1 aliphatic carbocycles. The number of amidine groups is 1. The normalized spacial score (nSPS) is 24.8. The first-order valence-corrected chi connectivity index (χ1v) is 17.1. The fraction of sp³-hybridized carbons (Fsp3) is 0.500.